The molecular weight excluding hydrogens is 808 g/mol. The number of ether oxygens (including phenoxy) is 1. The first-order chi connectivity index (χ1) is 24.4. The molecule has 7 unspecified atom stereocenters. The standard InChI is InChI=1S/C39H50Br2N6O2S2/c1-23(5-16-35(48)49-4)30-14-15-31-29-22-34(45-47-37(51)43-27-12-8-25(41)9-13-27)33-21-28(17-19-39(33,3)32(29)18-20-38(30,31)2)44-46-36(50)42-26-10-6-24(40)7-11-26/h6-13,23,29-33H,5,14-22H2,1-4H3,(H2,42,46,50)(H2,43,47,51)/b44-28-,45-34+/t23-,29?,30?,31?,32?,33?,38?,39?/m1/s1. The topological polar surface area (TPSA) is 99.1 Å². The number of carbonyl (C=O) groups is 1. The summed E-state index contributed by atoms with van der Waals surface area (Å²) in [5, 5.41) is 17.5. The van der Waals surface area contributed by atoms with E-state index in [-0.39, 0.29) is 22.7 Å². The van der Waals surface area contributed by atoms with Gasteiger partial charge >= 0.3 is 5.97 Å². The lowest BCUT2D eigenvalue weighted by atomic mass is 9.44. The Morgan fingerprint density at radius 3 is 2.06 bits per heavy atom. The minimum absolute atomic E-state index is 0.101. The van der Waals surface area contributed by atoms with Crippen LogP contribution in [0.2, 0.25) is 0 Å². The number of nitrogens with zero attached hydrogens (tertiary/aromatic N) is 2. The Bertz CT molecular complexity index is 1670. The molecule has 8 nitrogen and oxygen atoms in total. The maximum atomic E-state index is 12.0. The summed E-state index contributed by atoms with van der Waals surface area (Å²) < 4.78 is 7.02. The third-order valence-corrected chi connectivity index (χ3v) is 14.4. The molecule has 0 spiro atoms. The van der Waals surface area contributed by atoms with Crippen LogP contribution in [0.15, 0.2) is 67.7 Å². The summed E-state index contributed by atoms with van der Waals surface area (Å²) in [5.74, 6) is 3.09. The molecule has 0 aliphatic heterocycles. The van der Waals surface area contributed by atoms with Crippen LogP contribution in [0.25, 0.3) is 0 Å². The number of methoxy groups -OCH3 is 1. The second-order valence-corrected chi connectivity index (χ2v) is 18.2. The van der Waals surface area contributed by atoms with E-state index in [9.17, 15) is 4.79 Å². The molecule has 4 saturated carbocycles. The van der Waals surface area contributed by atoms with Gasteiger partial charge in [0.1, 0.15) is 0 Å². The van der Waals surface area contributed by atoms with Gasteiger partial charge in [-0.3, -0.25) is 15.6 Å². The Kier molecular flexibility index (Phi) is 12.3. The first-order valence-electron chi connectivity index (χ1n) is 18.2. The number of nitrogens with one attached hydrogen (secondary N) is 4. The first-order valence-corrected chi connectivity index (χ1v) is 20.6. The fourth-order valence-electron chi connectivity index (χ4n) is 10.4. The highest BCUT2D eigenvalue weighted by atomic mass is 79.9. The second kappa shape index (κ2) is 16.3. The van der Waals surface area contributed by atoms with Crippen LogP contribution < -0.4 is 21.5 Å². The van der Waals surface area contributed by atoms with E-state index < -0.39 is 0 Å². The molecule has 0 heterocycles. The van der Waals surface area contributed by atoms with Crippen LogP contribution in [0.5, 0.6) is 0 Å². The molecule has 8 atom stereocenters. The van der Waals surface area contributed by atoms with Gasteiger partial charge in [-0.1, -0.05) is 52.6 Å². The van der Waals surface area contributed by atoms with Crippen molar-refractivity contribution in [1.82, 2.24) is 10.9 Å². The quantitative estimate of drug-likeness (QED) is 0.118. The van der Waals surface area contributed by atoms with E-state index in [1.54, 1.807) is 0 Å². The summed E-state index contributed by atoms with van der Waals surface area (Å²) in [6.45, 7) is 7.45. The zero-order chi connectivity index (χ0) is 36.3. The first kappa shape index (κ1) is 38.3. The Morgan fingerprint density at radius 1 is 0.863 bits per heavy atom. The molecule has 0 aromatic heterocycles. The van der Waals surface area contributed by atoms with Crippen molar-refractivity contribution in [1.29, 1.82) is 0 Å². The number of hydrogen-bond acceptors (Lipinski definition) is 6. The van der Waals surface area contributed by atoms with Gasteiger partial charge in [-0.25, -0.2) is 0 Å². The number of hydrogen-bond donors (Lipinski definition) is 4. The molecular formula is C39H50Br2N6O2S2. The summed E-state index contributed by atoms with van der Waals surface area (Å²) in [5.41, 5.74) is 10.9. The van der Waals surface area contributed by atoms with E-state index in [0.29, 0.717) is 46.2 Å². The van der Waals surface area contributed by atoms with Crippen LogP contribution in [0.4, 0.5) is 11.4 Å². The summed E-state index contributed by atoms with van der Waals surface area (Å²) in [6.07, 6.45) is 10.2. The van der Waals surface area contributed by atoms with Gasteiger partial charge in [0.2, 0.25) is 0 Å². The maximum Gasteiger partial charge on any atom is 0.305 e. The molecule has 2 aromatic carbocycles. The van der Waals surface area contributed by atoms with E-state index in [2.05, 4.69) is 74.1 Å². The van der Waals surface area contributed by atoms with Crippen molar-refractivity contribution in [2.24, 2.45) is 56.5 Å². The van der Waals surface area contributed by atoms with Gasteiger partial charge in [-0.15, -0.1) is 0 Å². The van der Waals surface area contributed by atoms with Gasteiger partial charge in [0, 0.05) is 44.1 Å². The van der Waals surface area contributed by atoms with E-state index in [4.69, 9.17) is 39.4 Å². The fraction of sp³-hybridized carbons (Fsp3) is 0.564. The molecule has 2 aromatic rings. The van der Waals surface area contributed by atoms with Gasteiger partial charge in [0.25, 0.3) is 0 Å². The predicted octanol–water partition coefficient (Wildman–Crippen LogP) is 10.1. The minimum atomic E-state index is -0.101. The van der Waals surface area contributed by atoms with Crippen LogP contribution >= 0.6 is 56.3 Å². The van der Waals surface area contributed by atoms with Crippen LogP contribution in [0, 0.1) is 46.3 Å². The number of esters is 1. The number of anilines is 2. The summed E-state index contributed by atoms with van der Waals surface area (Å²) in [7, 11) is 1.49. The molecule has 12 heteroatoms. The number of thiocarbonyl (C=S) groups is 2. The van der Waals surface area contributed by atoms with Gasteiger partial charge in [-0.05, 0) is 171 Å². The van der Waals surface area contributed by atoms with Crippen LogP contribution in [-0.4, -0.2) is 34.7 Å². The van der Waals surface area contributed by atoms with Crippen molar-refractivity contribution < 1.29 is 9.53 Å². The zero-order valence-corrected chi connectivity index (χ0v) is 34.7. The van der Waals surface area contributed by atoms with Crippen molar-refractivity contribution in [2.45, 2.75) is 85.0 Å². The monoisotopic (exact) mass is 856 g/mol. The normalized spacial score (nSPS) is 31.8. The number of rotatable bonds is 8. The van der Waals surface area contributed by atoms with Crippen molar-refractivity contribution in [3.05, 3.63) is 57.5 Å². The average molecular weight is 859 g/mol. The third kappa shape index (κ3) is 8.54. The highest BCUT2D eigenvalue weighted by molar-refractivity contribution is 9.10. The summed E-state index contributed by atoms with van der Waals surface area (Å²) in [4.78, 5) is 12.0. The molecule has 0 radical (unpaired) electrons. The van der Waals surface area contributed by atoms with Crippen molar-refractivity contribution in [3.63, 3.8) is 0 Å². The molecule has 0 bridgehead atoms. The van der Waals surface area contributed by atoms with E-state index in [0.717, 1.165) is 58.1 Å². The molecule has 51 heavy (non-hydrogen) atoms. The molecule has 0 saturated heterocycles. The molecule has 4 fully saturated rings. The lowest BCUT2D eigenvalue weighted by molar-refractivity contribution is -0.141. The maximum absolute atomic E-state index is 12.0. The number of hydrazone groups is 2. The van der Waals surface area contributed by atoms with Crippen LogP contribution in [0.3, 0.4) is 0 Å². The van der Waals surface area contributed by atoms with Crippen molar-refractivity contribution in [2.75, 3.05) is 17.7 Å². The lowest BCUT2D eigenvalue weighted by Gasteiger charge is -2.61. The van der Waals surface area contributed by atoms with Crippen molar-refractivity contribution >= 4 is 95.3 Å². The van der Waals surface area contributed by atoms with Crippen LogP contribution in [0.1, 0.15) is 85.0 Å². The summed E-state index contributed by atoms with van der Waals surface area (Å²) in [6, 6.07) is 15.9. The SMILES string of the molecule is COC(=O)CC[C@@H](C)C1CCC2C3C/C(=N\NC(=S)Nc4ccc(Br)cc4)C4C/C(=N\NC(=S)Nc5ccc(Br)cc5)CCC4(C)C3CCC21C. The average Bonchev–Trinajstić information content (AvgIpc) is 3.48. The van der Waals surface area contributed by atoms with Gasteiger partial charge in [0.05, 0.1) is 7.11 Å². The smallest absolute Gasteiger partial charge is 0.305 e. The molecule has 4 aliphatic rings. The van der Waals surface area contributed by atoms with Gasteiger partial charge < -0.3 is 15.4 Å². The van der Waals surface area contributed by atoms with E-state index in [1.807, 2.05) is 48.5 Å². The molecule has 4 aliphatic carbocycles. The molecule has 4 N–H and O–H groups in total. The molecule has 0 amide bonds. The zero-order valence-electron chi connectivity index (χ0n) is 29.9. The highest BCUT2D eigenvalue weighted by Gasteiger charge is 2.62. The Hall–Kier alpha value is -2.41. The van der Waals surface area contributed by atoms with Crippen LogP contribution in [-0.2, 0) is 9.53 Å². The third-order valence-electron chi connectivity index (χ3n) is 12.9. The minimum Gasteiger partial charge on any atom is -0.469 e. The van der Waals surface area contributed by atoms with Crippen molar-refractivity contribution in [3.8, 4) is 0 Å². The Morgan fingerprint density at radius 2 is 1.45 bits per heavy atom. The number of benzene rings is 2. The Balaban J connectivity index is 1.22. The van der Waals surface area contributed by atoms with Gasteiger partial charge in [0.15, 0.2) is 10.2 Å². The number of fused-ring (bicyclic) bond motifs is 5. The van der Waals surface area contributed by atoms with E-state index in [1.165, 1.54) is 38.5 Å². The summed E-state index contributed by atoms with van der Waals surface area (Å²) >= 11 is 18.3. The van der Waals surface area contributed by atoms with E-state index >= 15 is 0 Å². The highest BCUT2D eigenvalue weighted by Crippen LogP contribution is 2.67. The number of carbonyl (C=O) groups excluding carboxylic acids is 1. The molecule has 274 valence electrons. The number of halogens is 2. The fourth-order valence-corrected chi connectivity index (χ4v) is 11.2. The predicted molar refractivity (Wildman–Crippen MR) is 223 cm³/mol. The lowest BCUT2D eigenvalue weighted by Crippen LogP contribution is -2.57. The molecule has 6 rings (SSSR count). The Labute approximate surface area is 330 Å². The second-order valence-electron chi connectivity index (χ2n) is 15.6. The largest absolute Gasteiger partial charge is 0.469 e. The van der Waals surface area contributed by atoms with Gasteiger partial charge in [-0.2, -0.15) is 10.2 Å².